The van der Waals surface area contributed by atoms with Gasteiger partial charge in [0.25, 0.3) is 0 Å². The Labute approximate surface area is 52.7 Å². The second-order valence-electron chi connectivity index (χ2n) is 1.50. The molecule has 0 amide bonds. The Morgan fingerprint density at radius 1 is 1.56 bits per heavy atom. The van der Waals surface area contributed by atoms with Gasteiger partial charge >= 0.3 is 0 Å². The van der Waals surface area contributed by atoms with Gasteiger partial charge in [0.2, 0.25) is 0 Å². The molecule has 0 aromatic carbocycles. The van der Waals surface area contributed by atoms with Gasteiger partial charge < -0.3 is 5.21 Å². The molecule has 1 aromatic heterocycles. The van der Waals surface area contributed by atoms with Gasteiger partial charge in [-0.3, -0.25) is 4.98 Å². The van der Waals surface area contributed by atoms with Crippen molar-refractivity contribution in [3.05, 3.63) is 30.1 Å². The quantitative estimate of drug-likeness (QED) is 0.343. The van der Waals surface area contributed by atoms with Crippen LogP contribution in [-0.4, -0.2) is 16.4 Å². The molecule has 0 spiro atoms. The van der Waals surface area contributed by atoms with Crippen molar-refractivity contribution in [3.8, 4) is 0 Å². The van der Waals surface area contributed by atoms with Gasteiger partial charge in [0.15, 0.2) is 0 Å². The van der Waals surface area contributed by atoms with E-state index in [0.29, 0.717) is 5.69 Å². The zero-order chi connectivity index (χ0) is 6.53. The fourth-order valence-electron chi connectivity index (χ4n) is 0.511. The summed E-state index contributed by atoms with van der Waals surface area (Å²) in [6, 6.07) is 5.37. The maximum absolute atomic E-state index is 8.05. The van der Waals surface area contributed by atoms with Gasteiger partial charge in [-0.25, -0.2) is 0 Å². The van der Waals surface area contributed by atoms with Gasteiger partial charge in [-0.1, -0.05) is 11.2 Å². The molecule has 0 aliphatic rings. The van der Waals surface area contributed by atoms with Crippen LogP contribution in [0, 0.1) is 0 Å². The maximum atomic E-state index is 8.05. The third-order valence-corrected chi connectivity index (χ3v) is 0.878. The first kappa shape index (κ1) is 5.75. The molecule has 0 bridgehead atoms. The zero-order valence-corrected chi connectivity index (χ0v) is 4.73. The Hall–Kier alpha value is -1.38. The van der Waals surface area contributed by atoms with Crippen LogP contribution in [0.2, 0.25) is 0 Å². The van der Waals surface area contributed by atoms with Gasteiger partial charge in [-0.15, -0.1) is 0 Å². The summed E-state index contributed by atoms with van der Waals surface area (Å²) in [5.41, 5.74) is 0.653. The largest absolute Gasteiger partial charge is 0.411 e. The van der Waals surface area contributed by atoms with Gasteiger partial charge in [0.05, 0.1) is 11.9 Å². The zero-order valence-electron chi connectivity index (χ0n) is 4.73. The number of aromatic nitrogens is 1. The van der Waals surface area contributed by atoms with Crippen molar-refractivity contribution in [1.82, 2.24) is 4.98 Å². The van der Waals surface area contributed by atoms with Crippen molar-refractivity contribution in [2.24, 2.45) is 5.16 Å². The van der Waals surface area contributed by atoms with E-state index in [2.05, 4.69) is 10.1 Å². The smallest absolute Gasteiger partial charge is 0.0918 e. The van der Waals surface area contributed by atoms with E-state index in [1.54, 1.807) is 18.3 Å². The summed E-state index contributed by atoms with van der Waals surface area (Å²) in [6.45, 7) is 0. The van der Waals surface area contributed by atoms with Crippen molar-refractivity contribution < 1.29 is 5.21 Å². The van der Waals surface area contributed by atoms with E-state index < -0.39 is 0 Å². The van der Waals surface area contributed by atoms with Gasteiger partial charge in [0, 0.05) is 6.20 Å². The van der Waals surface area contributed by atoms with Crippen LogP contribution in [0.1, 0.15) is 5.69 Å². The molecule has 9 heavy (non-hydrogen) atoms. The minimum absolute atomic E-state index is 0.653. The first-order chi connectivity index (χ1) is 4.43. The van der Waals surface area contributed by atoms with E-state index in [4.69, 9.17) is 5.21 Å². The van der Waals surface area contributed by atoms with E-state index in [9.17, 15) is 0 Å². The van der Waals surface area contributed by atoms with Crippen LogP contribution in [0.15, 0.2) is 29.6 Å². The average Bonchev–Trinajstić information content (AvgIpc) is 1.91. The number of hydrogen-bond donors (Lipinski definition) is 1. The minimum atomic E-state index is 0.653. The van der Waals surface area contributed by atoms with Gasteiger partial charge in [-0.2, -0.15) is 0 Å². The van der Waals surface area contributed by atoms with Crippen molar-refractivity contribution in [3.63, 3.8) is 0 Å². The number of pyridine rings is 1. The molecule has 0 saturated heterocycles. The standard InChI is InChI=1S/C6H6N2O/c9-8-5-6-3-1-2-4-7-6/h1-5,9H/b8-5-/i5+2. The highest BCUT2D eigenvalue weighted by Gasteiger charge is 1.81. The summed E-state index contributed by atoms with van der Waals surface area (Å²) in [5.74, 6) is 0. The topological polar surface area (TPSA) is 45.5 Å². The molecular formula is C6H6N2O. The number of rotatable bonds is 1. The first-order valence-corrected chi connectivity index (χ1v) is 2.52. The molecule has 0 saturated carbocycles. The molecule has 0 fully saturated rings. The Kier molecular flexibility index (Phi) is 1.80. The highest BCUT2D eigenvalue weighted by molar-refractivity contribution is 5.75. The van der Waals surface area contributed by atoms with Gasteiger partial charge in [0.1, 0.15) is 0 Å². The van der Waals surface area contributed by atoms with E-state index in [1.807, 2.05) is 6.07 Å². The van der Waals surface area contributed by atoms with Crippen LogP contribution >= 0.6 is 0 Å². The Balaban J connectivity index is 2.85. The van der Waals surface area contributed by atoms with Crippen LogP contribution in [0.25, 0.3) is 0 Å². The summed E-state index contributed by atoms with van der Waals surface area (Å²) < 4.78 is 0. The first-order valence-electron chi connectivity index (χ1n) is 2.52. The molecule has 0 atom stereocenters. The highest BCUT2D eigenvalue weighted by Crippen LogP contribution is 1.86. The lowest BCUT2D eigenvalue weighted by Gasteiger charge is -1.84. The third kappa shape index (κ3) is 1.53. The van der Waals surface area contributed by atoms with Crippen molar-refractivity contribution in [2.75, 3.05) is 0 Å². The molecule has 1 N–H and O–H groups in total. The Bertz CT molecular complexity index is 195. The summed E-state index contributed by atoms with van der Waals surface area (Å²) in [4.78, 5) is 3.86. The lowest BCUT2D eigenvalue weighted by Crippen LogP contribution is -1.83. The average molecular weight is 124 g/mol. The van der Waals surface area contributed by atoms with E-state index >= 15 is 0 Å². The van der Waals surface area contributed by atoms with Crippen molar-refractivity contribution in [2.45, 2.75) is 0 Å². The molecule has 46 valence electrons. The molecule has 0 aliphatic heterocycles. The lowest BCUT2D eigenvalue weighted by atomic mass is 10.5. The van der Waals surface area contributed by atoms with E-state index in [1.165, 1.54) is 6.21 Å². The fraction of sp³-hybridized carbons (Fsp3) is 0. The van der Waals surface area contributed by atoms with E-state index in [-0.39, 0.29) is 0 Å². The van der Waals surface area contributed by atoms with Crippen LogP contribution in [0.4, 0.5) is 0 Å². The fourth-order valence-corrected chi connectivity index (χ4v) is 0.511. The van der Waals surface area contributed by atoms with Crippen LogP contribution in [0.3, 0.4) is 0 Å². The molecule has 1 rings (SSSR count). The van der Waals surface area contributed by atoms with Crippen molar-refractivity contribution in [1.29, 1.82) is 0 Å². The minimum Gasteiger partial charge on any atom is -0.411 e. The molecule has 0 aliphatic carbocycles. The highest BCUT2D eigenvalue weighted by atomic mass is 16.5. The molecule has 3 nitrogen and oxygen atoms in total. The van der Waals surface area contributed by atoms with Crippen molar-refractivity contribution >= 4 is 6.21 Å². The molecular weight excluding hydrogens is 118 g/mol. The molecule has 1 aromatic rings. The molecule has 0 radical (unpaired) electrons. The summed E-state index contributed by atoms with van der Waals surface area (Å²) in [6.07, 6.45) is 2.91. The van der Waals surface area contributed by atoms with Crippen LogP contribution in [0.5, 0.6) is 0 Å². The molecule has 3 heteroatoms. The van der Waals surface area contributed by atoms with E-state index in [0.717, 1.165) is 0 Å². The summed E-state index contributed by atoms with van der Waals surface area (Å²) >= 11 is 0. The SMILES string of the molecule is O/N=[14CH]\c1ccccn1. The monoisotopic (exact) mass is 124 g/mol. The summed E-state index contributed by atoms with van der Waals surface area (Å²) in [5, 5.41) is 10.9. The Morgan fingerprint density at radius 3 is 3.00 bits per heavy atom. The molecule has 1 heterocycles. The third-order valence-electron chi connectivity index (χ3n) is 0.878. The lowest BCUT2D eigenvalue weighted by molar-refractivity contribution is 0.321. The number of hydrogen-bond acceptors (Lipinski definition) is 3. The normalized spacial score (nSPS) is 10.2. The second-order valence-corrected chi connectivity index (χ2v) is 1.50. The van der Waals surface area contributed by atoms with Gasteiger partial charge in [-0.05, 0) is 12.1 Å². The predicted octanol–water partition coefficient (Wildman–Crippen LogP) is 0.890. The molecule has 0 unspecified atom stereocenters. The number of oxime groups is 1. The van der Waals surface area contributed by atoms with Crippen LogP contribution in [-0.2, 0) is 0 Å². The maximum Gasteiger partial charge on any atom is 0.0918 e. The number of nitrogens with zero attached hydrogens (tertiary/aromatic N) is 2. The second kappa shape index (κ2) is 2.81. The predicted molar refractivity (Wildman–Crippen MR) is 33.6 cm³/mol. The van der Waals surface area contributed by atoms with Crippen LogP contribution < -0.4 is 0 Å². The Morgan fingerprint density at radius 2 is 2.44 bits per heavy atom. The summed E-state index contributed by atoms with van der Waals surface area (Å²) in [7, 11) is 0.